The maximum absolute atomic E-state index is 11.9. The molecule has 0 aliphatic carbocycles. The summed E-state index contributed by atoms with van der Waals surface area (Å²) in [5.74, 6) is 0.980. The molecule has 1 aliphatic rings. The first kappa shape index (κ1) is 15.2. The normalized spacial score (nSPS) is 14.2. The average molecular weight is 287 g/mol. The first-order valence-corrected chi connectivity index (χ1v) is 7.07. The molecule has 0 radical (unpaired) electrons. The van der Waals surface area contributed by atoms with Crippen molar-refractivity contribution < 1.29 is 17.9 Å². The Balaban J connectivity index is 1.57. The summed E-state index contributed by atoms with van der Waals surface area (Å²) in [5.41, 5.74) is 2.50. The molecule has 1 aromatic rings. The Morgan fingerprint density at radius 1 is 1.15 bits per heavy atom. The molecular formula is C15H20F3NO. The molecule has 0 saturated heterocycles. The average Bonchev–Trinajstić information content (AvgIpc) is 2.83. The summed E-state index contributed by atoms with van der Waals surface area (Å²) < 4.78 is 41.2. The van der Waals surface area contributed by atoms with Crippen LogP contribution in [0.5, 0.6) is 5.75 Å². The third-order valence-electron chi connectivity index (χ3n) is 3.41. The topological polar surface area (TPSA) is 21.3 Å². The lowest BCUT2D eigenvalue weighted by Gasteiger charge is -2.07. The Hall–Kier alpha value is -1.23. The molecule has 0 bridgehead atoms. The lowest BCUT2D eigenvalue weighted by Crippen LogP contribution is -2.19. The van der Waals surface area contributed by atoms with Crippen LogP contribution in [0.3, 0.4) is 0 Å². The summed E-state index contributed by atoms with van der Waals surface area (Å²) in [6.07, 6.45) is -2.07. The molecule has 0 atom stereocenters. The Kier molecular flexibility index (Phi) is 5.29. The van der Waals surface area contributed by atoms with Crippen molar-refractivity contribution >= 4 is 0 Å². The second-order valence-electron chi connectivity index (χ2n) is 5.11. The summed E-state index contributed by atoms with van der Waals surface area (Å²) in [7, 11) is 0. The van der Waals surface area contributed by atoms with Crippen LogP contribution in [-0.4, -0.2) is 25.9 Å². The molecule has 5 heteroatoms. The van der Waals surface area contributed by atoms with E-state index >= 15 is 0 Å². The smallest absolute Gasteiger partial charge is 0.389 e. The van der Waals surface area contributed by atoms with Gasteiger partial charge in [0.2, 0.25) is 0 Å². The molecular weight excluding hydrogens is 267 g/mol. The number of hydrogen-bond acceptors (Lipinski definition) is 2. The molecule has 2 nitrogen and oxygen atoms in total. The van der Waals surface area contributed by atoms with Crippen molar-refractivity contribution in [1.29, 1.82) is 0 Å². The number of ether oxygens (including phenoxy) is 1. The van der Waals surface area contributed by atoms with E-state index in [9.17, 15) is 13.2 Å². The molecule has 1 aromatic carbocycles. The highest BCUT2D eigenvalue weighted by atomic mass is 19.4. The lowest BCUT2D eigenvalue weighted by molar-refractivity contribution is -0.135. The summed E-state index contributed by atoms with van der Waals surface area (Å²) in [6.45, 7) is 2.20. The number of hydrogen-bond donors (Lipinski definition) is 1. The lowest BCUT2D eigenvalue weighted by atomic mass is 10.1. The van der Waals surface area contributed by atoms with Gasteiger partial charge in [-0.2, -0.15) is 13.2 Å². The van der Waals surface area contributed by atoms with Gasteiger partial charge >= 0.3 is 6.18 Å². The Labute approximate surface area is 117 Å². The predicted octanol–water partition coefficient (Wildman–Crippen LogP) is 3.49. The highest BCUT2D eigenvalue weighted by Gasteiger charge is 2.25. The summed E-state index contributed by atoms with van der Waals surface area (Å²) in [6, 6.07) is 6.21. The van der Waals surface area contributed by atoms with Crippen molar-refractivity contribution in [2.24, 2.45) is 0 Å². The molecule has 112 valence electrons. The Bertz CT molecular complexity index is 432. The fourth-order valence-corrected chi connectivity index (χ4v) is 2.33. The van der Waals surface area contributed by atoms with E-state index in [0.717, 1.165) is 31.7 Å². The van der Waals surface area contributed by atoms with Crippen LogP contribution in [-0.2, 0) is 12.8 Å². The van der Waals surface area contributed by atoms with Gasteiger partial charge in [0.25, 0.3) is 0 Å². The van der Waals surface area contributed by atoms with Crippen molar-refractivity contribution in [2.75, 3.05) is 19.7 Å². The molecule has 0 amide bonds. The summed E-state index contributed by atoms with van der Waals surface area (Å²) >= 11 is 0. The van der Waals surface area contributed by atoms with Crippen LogP contribution in [0.25, 0.3) is 0 Å². The molecule has 0 fully saturated rings. The zero-order chi connectivity index (χ0) is 14.4. The van der Waals surface area contributed by atoms with Crippen LogP contribution >= 0.6 is 0 Å². The van der Waals surface area contributed by atoms with Crippen molar-refractivity contribution in [3.63, 3.8) is 0 Å². The van der Waals surface area contributed by atoms with E-state index in [1.807, 2.05) is 6.07 Å². The minimum atomic E-state index is -4.02. The third kappa shape index (κ3) is 5.04. The van der Waals surface area contributed by atoms with Crippen molar-refractivity contribution in [3.05, 3.63) is 29.3 Å². The predicted molar refractivity (Wildman–Crippen MR) is 72.1 cm³/mol. The van der Waals surface area contributed by atoms with Gasteiger partial charge in [-0.05, 0) is 49.5 Å². The fraction of sp³-hybridized carbons (Fsp3) is 0.600. The highest BCUT2D eigenvalue weighted by molar-refractivity contribution is 5.39. The Morgan fingerprint density at radius 2 is 2.00 bits per heavy atom. The molecule has 2 rings (SSSR count). The van der Waals surface area contributed by atoms with Crippen LogP contribution in [0.2, 0.25) is 0 Å². The van der Waals surface area contributed by atoms with Gasteiger partial charge in [-0.1, -0.05) is 12.1 Å². The minimum Gasteiger partial charge on any atom is -0.493 e. The van der Waals surface area contributed by atoms with Crippen molar-refractivity contribution in [2.45, 2.75) is 38.3 Å². The van der Waals surface area contributed by atoms with Crippen LogP contribution in [0, 0.1) is 0 Å². The standard InChI is InChI=1S/C15H20F3NO/c16-15(17,18)7-1-2-8-19-9-5-12-3-4-14-13(11-12)6-10-20-14/h3-4,11,19H,1-2,5-10H2. The molecule has 0 spiro atoms. The molecule has 0 saturated carbocycles. The SMILES string of the molecule is FC(F)(F)CCCCNCCc1ccc2c(c1)CCO2. The number of nitrogens with one attached hydrogen (secondary N) is 1. The first-order chi connectivity index (χ1) is 9.54. The van der Waals surface area contributed by atoms with Gasteiger partial charge in [0.05, 0.1) is 6.61 Å². The number of alkyl halides is 3. The van der Waals surface area contributed by atoms with Crippen molar-refractivity contribution in [3.8, 4) is 5.75 Å². The first-order valence-electron chi connectivity index (χ1n) is 7.07. The van der Waals surface area contributed by atoms with E-state index < -0.39 is 12.6 Å². The van der Waals surface area contributed by atoms with Crippen LogP contribution < -0.4 is 10.1 Å². The number of rotatable bonds is 7. The number of fused-ring (bicyclic) bond motifs is 1. The fourth-order valence-electron chi connectivity index (χ4n) is 2.33. The van der Waals surface area contributed by atoms with E-state index in [2.05, 4.69) is 17.4 Å². The number of halogens is 3. The van der Waals surface area contributed by atoms with Gasteiger partial charge in [-0.3, -0.25) is 0 Å². The highest BCUT2D eigenvalue weighted by Crippen LogP contribution is 2.26. The molecule has 1 N–H and O–H groups in total. The second-order valence-corrected chi connectivity index (χ2v) is 5.11. The quantitative estimate of drug-likeness (QED) is 0.775. The van der Waals surface area contributed by atoms with Gasteiger partial charge in [-0.25, -0.2) is 0 Å². The van der Waals surface area contributed by atoms with Gasteiger partial charge in [0.15, 0.2) is 0 Å². The van der Waals surface area contributed by atoms with Gasteiger partial charge < -0.3 is 10.1 Å². The monoisotopic (exact) mass is 287 g/mol. The van der Waals surface area contributed by atoms with Gasteiger partial charge in [0.1, 0.15) is 5.75 Å². The van der Waals surface area contributed by atoms with Crippen molar-refractivity contribution in [1.82, 2.24) is 5.32 Å². The van der Waals surface area contributed by atoms with Crippen LogP contribution in [0.15, 0.2) is 18.2 Å². The molecule has 1 heterocycles. The number of benzene rings is 1. The van der Waals surface area contributed by atoms with E-state index in [1.165, 1.54) is 11.1 Å². The van der Waals surface area contributed by atoms with Crippen LogP contribution in [0.4, 0.5) is 13.2 Å². The van der Waals surface area contributed by atoms with E-state index in [0.29, 0.717) is 13.0 Å². The molecule has 0 aromatic heterocycles. The summed E-state index contributed by atoms with van der Waals surface area (Å²) in [4.78, 5) is 0. The minimum absolute atomic E-state index is 0.201. The zero-order valence-corrected chi connectivity index (χ0v) is 11.4. The zero-order valence-electron chi connectivity index (χ0n) is 11.4. The van der Waals surface area contributed by atoms with Gasteiger partial charge in [0, 0.05) is 12.8 Å². The van der Waals surface area contributed by atoms with E-state index in [4.69, 9.17) is 4.74 Å². The van der Waals surface area contributed by atoms with Crippen LogP contribution in [0.1, 0.15) is 30.4 Å². The molecule has 0 unspecified atom stereocenters. The number of unbranched alkanes of at least 4 members (excludes halogenated alkanes) is 1. The molecule has 20 heavy (non-hydrogen) atoms. The van der Waals surface area contributed by atoms with E-state index in [1.54, 1.807) is 0 Å². The third-order valence-corrected chi connectivity index (χ3v) is 3.41. The molecule has 1 aliphatic heterocycles. The second kappa shape index (κ2) is 6.97. The van der Waals surface area contributed by atoms with E-state index in [-0.39, 0.29) is 6.42 Å². The maximum atomic E-state index is 11.9. The summed E-state index contributed by atoms with van der Waals surface area (Å²) in [5, 5.41) is 3.19. The van der Waals surface area contributed by atoms with Gasteiger partial charge in [-0.15, -0.1) is 0 Å². The Morgan fingerprint density at radius 3 is 2.80 bits per heavy atom. The largest absolute Gasteiger partial charge is 0.493 e. The maximum Gasteiger partial charge on any atom is 0.389 e.